The average Bonchev–Trinajstić information content (AvgIpc) is 2.79. The normalized spacial score (nSPS) is 10.9. The summed E-state index contributed by atoms with van der Waals surface area (Å²) in [6.07, 6.45) is 0. The highest BCUT2D eigenvalue weighted by Crippen LogP contribution is 2.23. The van der Waals surface area contributed by atoms with E-state index in [9.17, 15) is 18.0 Å². The molecule has 0 saturated heterocycles. The maximum atomic E-state index is 12.9. The van der Waals surface area contributed by atoms with Gasteiger partial charge in [-0.25, -0.2) is 13.2 Å². The molecule has 3 aromatic rings. The molecule has 3 N–H and O–H groups in total. The van der Waals surface area contributed by atoms with Crippen molar-refractivity contribution in [1.82, 2.24) is 5.32 Å². The molecular weight excluding hydrogens is 440 g/mol. The Morgan fingerprint density at radius 3 is 2.09 bits per heavy atom. The Hall–Kier alpha value is -3.85. The first-order chi connectivity index (χ1) is 15.7. The second kappa shape index (κ2) is 10.2. The Bertz CT molecular complexity index is 1240. The lowest BCUT2D eigenvalue weighted by atomic mass is 10.2. The molecule has 0 aliphatic carbocycles. The molecule has 0 fully saturated rings. The first-order valence-electron chi connectivity index (χ1n) is 10.3. The van der Waals surface area contributed by atoms with Crippen molar-refractivity contribution < 1.29 is 18.0 Å². The highest BCUT2D eigenvalue weighted by Gasteiger charge is 2.21. The molecule has 172 valence electrons. The Labute approximate surface area is 193 Å². The number of carbonyl (C=O) groups is 2. The molecule has 0 saturated carbocycles. The number of amides is 3. The predicted molar refractivity (Wildman–Crippen MR) is 130 cm³/mol. The Kier molecular flexibility index (Phi) is 7.34. The largest absolute Gasteiger partial charge is 0.338 e. The lowest BCUT2D eigenvalue weighted by Crippen LogP contribution is -2.28. The third-order valence-electron chi connectivity index (χ3n) is 4.89. The molecule has 0 aliphatic rings. The van der Waals surface area contributed by atoms with E-state index in [2.05, 4.69) is 16.0 Å². The summed E-state index contributed by atoms with van der Waals surface area (Å²) in [4.78, 5) is 24.5. The third-order valence-corrected chi connectivity index (χ3v) is 6.69. The van der Waals surface area contributed by atoms with Gasteiger partial charge in [0.2, 0.25) is 0 Å². The van der Waals surface area contributed by atoms with Gasteiger partial charge in [0.05, 0.1) is 10.6 Å². The zero-order valence-electron chi connectivity index (χ0n) is 18.6. The van der Waals surface area contributed by atoms with Crippen LogP contribution < -0.4 is 20.3 Å². The predicted octanol–water partition coefficient (Wildman–Crippen LogP) is 4.21. The molecule has 0 atom stereocenters. The molecular formula is C24H26N4O4S. The fourth-order valence-electron chi connectivity index (χ4n) is 3.04. The summed E-state index contributed by atoms with van der Waals surface area (Å²) >= 11 is 0. The molecule has 3 amide bonds. The lowest BCUT2D eigenvalue weighted by molar-refractivity contribution is 0.102. The zero-order chi connectivity index (χ0) is 24.0. The summed E-state index contributed by atoms with van der Waals surface area (Å²) in [6, 6.07) is 19.3. The van der Waals surface area contributed by atoms with E-state index >= 15 is 0 Å². The maximum absolute atomic E-state index is 12.9. The van der Waals surface area contributed by atoms with E-state index in [1.54, 1.807) is 72.8 Å². The van der Waals surface area contributed by atoms with Crippen LogP contribution in [0.2, 0.25) is 0 Å². The van der Waals surface area contributed by atoms with E-state index in [1.165, 1.54) is 11.4 Å². The summed E-state index contributed by atoms with van der Waals surface area (Å²) in [5.74, 6) is -0.360. The van der Waals surface area contributed by atoms with Crippen LogP contribution in [-0.4, -0.2) is 33.9 Å². The van der Waals surface area contributed by atoms with Crippen molar-refractivity contribution in [2.45, 2.75) is 18.7 Å². The van der Waals surface area contributed by atoms with Gasteiger partial charge < -0.3 is 16.0 Å². The SMILES string of the molecule is CCNC(=O)Nc1cccc(NC(=O)c2ccc(N(C)S(=O)(=O)c3ccc(C)cc3)cc2)c1. The standard InChI is InChI=1S/C24H26N4O4S/c1-4-25-24(30)27-20-7-5-6-19(16-20)26-23(29)18-10-12-21(13-11-18)28(3)33(31,32)22-14-8-17(2)9-15-22/h5-16H,4H2,1-3H3,(H,26,29)(H2,25,27,30). The van der Waals surface area contributed by atoms with Crippen molar-refractivity contribution in [3.05, 3.63) is 83.9 Å². The van der Waals surface area contributed by atoms with Crippen LogP contribution >= 0.6 is 0 Å². The highest BCUT2D eigenvalue weighted by atomic mass is 32.2. The Morgan fingerprint density at radius 1 is 0.879 bits per heavy atom. The van der Waals surface area contributed by atoms with Gasteiger partial charge in [-0.05, 0) is 68.4 Å². The number of carbonyl (C=O) groups excluding carboxylic acids is 2. The minimum atomic E-state index is -3.72. The summed E-state index contributed by atoms with van der Waals surface area (Å²) < 4.78 is 26.9. The van der Waals surface area contributed by atoms with Gasteiger partial charge in [0.25, 0.3) is 15.9 Å². The first kappa shape index (κ1) is 23.8. The van der Waals surface area contributed by atoms with Crippen LogP contribution in [0.3, 0.4) is 0 Å². The van der Waals surface area contributed by atoms with Gasteiger partial charge >= 0.3 is 6.03 Å². The quantitative estimate of drug-likeness (QED) is 0.485. The van der Waals surface area contributed by atoms with Crippen LogP contribution in [0.5, 0.6) is 0 Å². The van der Waals surface area contributed by atoms with E-state index < -0.39 is 10.0 Å². The van der Waals surface area contributed by atoms with Crippen molar-refractivity contribution in [2.75, 3.05) is 28.5 Å². The van der Waals surface area contributed by atoms with Gasteiger partial charge in [-0.2, -0.15) is 0 Å². The number of sulfonamides is 1. The molecule has 0 unspecified atom stereocenters. The molecule has 0 radical (unpaired) electrons. The molecule has 8 nitrogen and oxygen atoms in total. The monoisotopic (exact) mass is 466 g/mol. The number of hydrogen-bond donors (Lipinski definition) is 3. The van der Waals surface area contributed by atoms with Crippen molar-refractivity contribution in [2.24, 2.45) is 0 Å². The molecule has 3 rings (SSSR count). The van der Waals surface area contributed by atoms with Crippen LogP contribution in [0, 0.1) is 6.92 Å². The topological polar surface area (TPSA) is 108 Å². The number of rotatable bonds is 7. The number of urea groups is 1. The van der Waals surface area contributed by atoms with E-state index in [0.717, 1.165) is 5.56 Å². The van der Waals surface area contributed by atoms with Crippen molar-refractivity contribution in [3.8, 4) is 0 Å². The summed E-state index contributed by atoms with van der Waals surface area (Å²) in [6.45, 7) is 4.21. The Morgan fingerprint density at radius 2 is 1.48 bits per heavy atom. The minimum Gasteiger partial charge on any atom is -0.338 e. The molecule has 0 heterocycles. The highest BCUT2D eigenvalue weighted by molar-refractivity contribution is 7.92. The van der Waals surface area contributed by atoms with Crippen LogP contribution in [0.1, 0.15) is 22.8 Å². The van der Waals surface area contributed by atoms with Gasteiger partial charge in [-0.15, -0.1) is 0 Å². The molecule has 0 aromatic heterocycles. The third kappa shape index (κ3) is 5.89. The van der Waals surface area contributed by atoms with Crippen molar-refractivity contribution in [3.63, 3.8) is 0 Å². The molecule has 0 aliphatic heterocycles. The average molecular weight is 467 g/mol. The lowest BCUT2D eigenvalue weighted by Gasteiger charge is -2.20. The molecule has 0 bridgehead atoms. The van der Waals surface area contributed by atoms with E-state index in [1.807, 2.05) is 13.8 Å². The van der Waals surface area contributed by atoms with Crippen LogP contribution in [-0.2, 0) is 10.0 Å². The smallest absolute Gasteiger partial charge is 0.319 e. The second-order valence-electron chi connectivity index (χ2n) is 7.35. The Balaban J connectivity index is 1.70. The van der Waals surface area contributed by atoms with Gasteiger partial charge in [0, 0.05) is 30.5 Å². The molecule has 3 aromatic carbocycles. The van der Waals surface area contributed by atoms with Crippen molar-refractivity contribution in [1.29, 1.82) is 0 Å². The molecule has 33 heavy (non-hydrogen) atoms. The van der Waals surface area contributed by atoms with Gasteiger partial charge in [0.1, 0.15) is 0 Å². The van der Waals surface area contributed by atoms with Gasteiger partial charge in [-0.3, -0.25) is 9.10 Å². The van der Waals surface area contributed by atoms with Gasteiger partial charge in [0.15, 0.2) is 0 Å². The number of nitrogens with one attached hydrogen (secondary N) is 3. The number of nitrogens with zero attached hydrogens (tertiary/aromatic N) is 1. The first-order valence-corrected chi connectivity index (χ1v) is 11.8. The fraction of sp³-hybridized carbons (Fsp3) is 0.167. The summed E-state index contributed by atoms with van der Waals surface area (Å²) in [5.41, 5.74) is 2.81. The van der Waals surface area contributed by atoms with Crippen LogP contribution in [0.25, 0.3) is 0 Å². The molecule has 9 heteroatoms. The minimum absolute atomic E-state index is 0.193. The summed E-state index contributed by atoms with van der Waals surface area (Å²) in [7, 11) is -2.25. The van der Waals surface area contributed by atoms with Crippen LogP contribution in [0.15, 0.2) is 77.7 Å². The van der Waals surface area contributed by atoms with E-state index in [-0.39, 0.29) is 16.8 Å². The van der Waals surface area contributed by atoms with E-state index in [0.29, 0.717) is 29.2 Å². The van der Waals surface area contributed by atoms with Gasteiger partial charge in [-0.1, -0.05) is 23.8 Å². The number of aryl methyl sites for hydroxylation is 1. The number of benzene rings is 3. The maximum Gasteiger partial charge on any atom is 0.319 e. The molecule has 0 spiro atoms. The number of anilines is 3. The van der Waals surface area contributed by atoms with Crippen LogP contribution in [0.4, 0.5) is 21.9 Å². The zero-order valence-corrected chi connectivity index (χ0v) is 19.4. The van der Waals surface area contributed by atoms with Crippen molar-refractivity contribution >= 4 is 39.0 Å². The van der Waals surface area contributed by atoms with E-state index in [4.69, 9.17) is 0 Å². The number of hydrogen-bond acceptors (Lipinski definition) is 4. The fourth-order valence-corrected chi connectivity index (χ4v) is 4.24. The summed E-state index contributed by atoms with van der Waals surface area (Å²) in [5, 5.41) is 8.09. The second-order valence-corrected chi connectivity index (χ2v) is 9.32.